The molecule has 0 radical (unpaired) electrons. The topological polar surface area (TPSA) is 51.2 Å². The molecule has 0 saturated carbocycles. The number of amides is 1. The lowest BCUT2D eigenvalue weighted by atomic mass is 10.1. The van der Waals surface area contributed by atoms with Gasteiger partial charge in [-0.05, 0) is 41.8 Å². The average molecular weight is 256 g/mol. The van der Waals surface area contributed by atoms with E-state index < -0.39 is 6.09 Å². The minimum atomic E-state index is -0.454. The first kappa shape index (κ1) is 13.1. The van der Waals surface area contributed by atoms with Gasteiger partial charge in [-0.15, -0.1) is 0 Å². The van der Waals surface area contributed by atoms with E-state index in [0.717, 1.165) is 17.7 Å². The van der Waals surface area contributed by atoms with E-state index >= 15 is 0 Å². The Morgan fingerprint density at radius 2 is 2.00 bits per heavy atom. The zero-order valence-corrected chi connectivity index (χ0v) is 10.8. The summed E-state index contributed by atoms with van der Waals surface area (Å²) in [6.45, 7) is 2.31. The van der Waals surface area contributed by atoms with Crippen molar-refractivity contribution in [1.82, 2.24) is 4.98 Å². The van der Waals surface area contributed by atoms with Gasteiger partial charge in [-0.25, -0.2) is 4.79 Å². The lowest BCUT2D eigenvalue weighted by Gasteiger charge is -2.08. The van der Waals surface area contributed by atoms with Crippen molar-refractivity contribution < 1.29 is 9.53 Å². The Morgan fingerprint density at radius 1 is 1.21 bits per heavy atom. The smallest absolute Gasteiger partial charge is 0.411 e. The Hall–Kier alpha value is -2.36. The second-order valence-electron chi connectivity index (χ2n) is 4.11. The molecule has 4 nitrogen and oxygen atoms in total. The van der Waals surface area contributed by atoms with E-state index in [9.17, 15) is 4.79 Å². The summed E-state index contributed by atoms with van der Waals surface area (Å²) in [4.78, 5) is 15.5. The summed E-state index contributed by atoms with van der Waals surface area (Å²) >= 11 is 0. The number of hydrogen-bond acceptors (Lipinski definition) is 3. The maximum absolute atomic E-state index is 11.6. The van der Waals surface area contributed by atoms with Crippen LogP contribution in [0.1, 0.15) is 18.1 Å². The number of hydrogen-bond donors (Lipinski definition) is 1. The average Bonchev–Trinajstić information content (AvgIpc) is 2.46. The van der Waals surface area contributed by atoms with Gasteiger partial charge >= 0.3 is 6.09 Å². The van der Waals surface area contributed by atoms with Crippen LogP contribution in [0.4, 0.5) is 10.5 Å². The van der Waals surface area contributed by atoms with Gasteiger partial charge in [-0.2, -0.15) is 0 Å². The first-order valence-electron chi connectivity index (χ1n) is 6.19. The van der Waals surface area contributed by atoms with Crippen molar-refractivity contribution in [3.63, 3.8) is 0 Å². The third-order valence-corrected chi connectivity index (χ3v) is 2.70. The molecule has 19 heavy (non-hydrogen) atoms. The highest BCUT2D eigenvalue weighted by molar-refractivity contribution is 5.84. The molecule has 0 aliphatic rings. The van der Waals surface area contributed by atoms with E-state index in [0.29, 0.717) is 0 Å². The van der Waals surface area contributed by atoms with Crippen molar-refractivity contribution in [2.24, 2.45) is 0 Å². The van der Waals surface area contributed by atoms with E-state index in [1.165, 1.54) is 5.56 Å². The standard InChI is InChI=1S/C15H16N2O2/c1-2-12-4-3-5-14(10-12)17-15(18)19-11-13-6-8-16-9-7-13/h3-10H,2,11H2,1H3,(H,17,18). The lowest BCUT2D eigenvalue weighted by molar-refractivity contribution is 0.155. The van der Waals surface area contributed by atoms with Crippen molar-refractivity contribution in [2.75, 3.05) is 5.32 Å². The molecular formula is C15H16N2O2. The molecule has 0 fully saturated rings. The summed E-state index contributed by atoms with van der Waals surface area (Å²) in [6, 6.07) is 11.3. The van der Waals surface area contributed by atoms with E-state index in [2.05, 4.69) is 17.2 Å². The second kappa shape index (κ2) is 6.54. The van der Waals surface area contributed by atoms with Crippen molar-refractivity contribution in [3.05, 3.63) is 59.9 Å². The van der Waals surface area contributed by atoms with Crippen LogP contribution in [0.3, 0.4) is 0 Å². The largest absolute Gasteiger partial charge is 0.444 e. The molecule has 1 aromatic heterocycles. The van der Waals surface area contributed by atoms with Gasteiger partial charge in [0.15, 0.2) is 0 Å². The number of ether oxygens (including phenoxy) is 1. The van der Waals surface area contributed by atoms with E-state index in [1.54, 1.807) is 12.4 Å². The second-order valence-corrected chi connectivity index (χ2v) is 4.11. The monoisotopic (exact) mass is 256 g/mol. The lowest BCUT2D eigenvalue weighted by Crippen LogP contribution is -2.13. The van der Waals surface area contributed by atoms with E-state index in [1.807, 2.05) is 36.4 Å². The molecule has 0 unspecified atom stereocenters. The predicted molar refractivity (Wildman–Crippen MR) is 73.9 cm³/mol. The highest BCUT2D eigenvalue weighted by Gasteiger charge is 2.03. The summed E-state index contributed by atoms with van der Waals surface area (Å²) in [6.07, 6.45) is 3.81. The van der Waals surface area contributed by atoms with Gasteiger partial charge in [0.25, 0.3) is 0 Å². The molecular weight excluding hydrogens is 240 g/mol. The predicted octanol–water partition coefficient (Wildman–Crippen LogP) is 3.39. The number of aryl methyl sites for hydroxylation is 1. The quantitative estimate of drug-likeness (QED) is 0.912. The van der Waals surface area contributed by atoms with Gasteiger partial charge < -0.3 is 4.74 Å². The van der Waals surface area contributed by atoms with E-state index in [4.69, 9.17) is 4.74 Å². The third-order valence-electron chi connectivity index (χ3n) is 2.70. The van der Waals surface area contributed by atoms with Gasteiger partial charge in [-0.1, -0.05) is 19.1 Å². The van der Waals surface area contributed by atoms with Crippen LogP contribution >= 0.6 is 0 Å². The summed E-state index contributed by atoms with van der Waals surface area (Å²) in [5, 5.41) is 2.71. The molecule has 1 heterocycles. The fourth-order valence-electron chi connectivity index (χ4n) is 1.65. The zero-order chi connectivity index (χ0) is 13.5. The highest BCUT2D eigenvalue weighted by atomic mass is 16.5. The summed E-state index contributed by atoms with van der Waals surface area (Å²) in [5.74, 6) is 0. The highest BCUT2D eigenvalue weighted by Crippen LogP contribution is 2.11. The Bertz CT molecular complexity index is 541. The molecule has 0 aliphatic heterocycles. The molecule has 0 aliphatic carbocycles. The van der Waals surface area contributed by atoms with Crippen LogP contribution < -0.4 is 5.32 Å². The van der Waals surface area contributed by atoms with Crippen molar-refractivity contribution in [1.29, 1.82) is 0 Å². The van der Waals surface area contributed by atoms with Crippen molar-refractivity contribution in [2.45, 2.75) is 20.0 Å². The van der Waals surface area contributed by atoms with Gasteiger partial charge in [0.05, 0.1) is 0 Å². The maximum atomic E-state index is 11.6. The molecule has 4 heteroatoms. The summed E-state index contributed by atoms with van der Waals surface area (Å²) in [5.41, 5.74) is 2.83. The first-order valence-corrected chi connectivity index (χ1v) is 6.19. The number of aromatic nitrogens is 1. The van der Waals surface area contributed by atoms with Crippen LogP contribution in [-0.2, 0) is 17.8 Å². The van der Waals surface area contributed by atoms with Gasteiger partial charge in [0, 0.05) is 18.1 Å². The van der Waals surface area contributed by atoms with Gasteiger partial charge in [0.2, 0.25) is 0 Å². The maximum Gasteiger partial charge on any atom is 0.411 e. The fraction of sp³-hybridized carbons (Fsp3) is 0.200. The minimum Gasteiger partial charge on any atom is -0.444 e. The SMILES string of the molecule is CCc1cccc(NC(=O)OCc2ccncc2)c1. The molecule has 2 rings (SSSR count). The normalized spacial score (nSPS) is 9.95. The molecule has 2 aromatic rings. The molecule has 1 aromatic carbocycles. The van der Waals surface area contributed by atoms with Crippen LogP contribution in [0.2, 0.25) is 0 Å². The number of rotatable bonds is 4. The van der Waals surface area contributed by atoms with Crippen LogP contribution in [0.25, 0.3) is 0 Å². The number of carbonyl (C=O) groups is 1. The number of nitrogens with zero attached hydrogens (tertiary/aromatic N) is 1. The van der Waals surface area contributed by atoms with Crippen LogP contribution in [0.15, 0.2) is 48.8 Å². The molecule has 1 N–H and O–H groups in total. The zero-order valence-electron chi connectivity index (χ0n) is 10.8. The number of pyridine rings is 1. The minimum absolute atomic E-state index is 0.238. The van der Waals surface area contributed by atoms with Crippen molar-refractivity contribution >= 4 is 11.8 Å². The van der Waals surface area contributed by atoms with E-state index in [-0.39, 0.29) is 6.61 Å². The number of nitrogens with one attached hydrogen (secondary N) is 1. The van der Waals surface area contributed by atoms with Crippen molar-refractivity contribution in [3.8, 4) is 0 Å². The molecule has 0 spiro atoms. The summed E-state index contributed by atoms with van der Waals surface area (Å²) < 4.78 is 5.13. The van der Waals surface area contributed by atoms with Crippen LogP contribution in [0, 0.1) is 0 Å². The number of carbonyl (C=O) groups excluding carboxylic acids is 1. The number of benzene rings is 1. The first-order chi connectivity index (χ1) is 9.28. The van der Waals surface area contributed by atoms with Gasteiger partial charge in [0.1, 0.15) is 6.61 Å². The molecule has 1 amide bonds. The Balaban J connectivity index is 1.87. The number of anilines is 1. The summed E-state index contributed by atoms with van der Waals surface area (Å²) in [7, 11) is 0. The fourth-order valence-corrected chi connectivity index (χ4v) is 1.65. The Kier molecular flexibility index (Phi) is 4.50. The van der Waals surface area contributed by atoms with Crippen LogP contribution in [0.5, 0.6) is 0 Å². The molecule has 0 atom stereocenters. The third kappa shape index (κ3) is 4.10. The molecule has 98 valence electrons. The molecule has 0 bridgehead atoms. The molecule has 0 saturated heterocycles. The van der Waals surface area contributed by atoms with Crippen LogP contribution in [-0.4, -0.2) is 11.1 Å². The van der Waals surface area contributed by atoms with Gasteiger partial charge in [-0.3, -0.25) is 10.3 Å². The Morgan fingerprint density at radius 3 is 2.74 bits per heavy atom. The Labute approximate surface area is 112 Å².